The summed E-state index contributed by atoms with van der Waals surface area (Å²) in [6.07, 6.45) is 0.0409. The topological polar surface area (TPSA) is 77.3 Å². The SMILES string of the molecule is CCC(Cl)(C(C[N+](=O)[O-])c1ccccc1)S(=O)(=O)c1ccccc1. The molecule has 24 heavy (non-hydrogen) atoms. The second kappa shape index (κ2) is 7.32. The zero-order valence-electron chi connectivity index (χ0n) is 13.1. The maximum atomic E-state index is 13.1. The molecule has 0 aliphatic carbocycles. The fraction of sp³-hybridized carbons (Fsp3) is 0.294. The van der Waals surface area contributed by atoms with Crippen LogP contribution in [0.2, 0.25) is 0 Å². The number of sulfone groups is 1. The van der Waals surface area contributed by atoms with E-state index in [2.05, 4.69) is 0 Å². The highest BCUT2D eigenvalue weighted by atomic mass is 35.5. The molecule has 0 aliphatic heterocycles. The Kier molecular flexibility index (Phi) is 5.62. The van der Waals surface area contributed by atoms with Crippen LogP contribution in [0, 0.1) is 10.1 Å². The molecule has 0 saturated carbocycles. The molecule has 0 radical (unpaired) electrons. The number of benzene rings is 2. The van der Waals surface area contributed by atoms with Crippen LogP contribution in [0.4, 0.5) is 0 Å². The van der Waals surface area contributed by atoms with Gasteiger partial charge in [-0.3, -0.25) is 10.1 Å². The highest BCUT2D eigenvalue weighted by molar-refractivity contribution is 7.94. The molecule has 2 aromatic carbocycles. The van der Waals surface area contributed by atoms with Gasteiger partial charge in [0.2, 0.25) is 6.54 Å². The molecule has 2 rings (SSSR count). The molecule has 0 heterocycles. The molecule has 0 bridgehead atoms. The van der Waals surface area contributed by atoms with Crippen molar-refractivity contribution in [3.05, 3.63) is 76.3 Å². The Labute approximate surface area is 146 Å². The minimum atomic E-state index is -3.98. The van der Waals surface area contributed by atoms with Crippen LogP contribution in [0.1, 0.15) is 24.8 Å². The summed E-state index contributed by atoms with van der Waals surface area (Å²) in [4.78, 5) is 10.7. The minimum absolute atomic E-state index is 0.0409. The fourth-order valence-corrected chi connectivity index (χ4v) is 5.08. The van der Waals surface area contributed by atoms with Crippen LogP contribution in [-0.4, -0.2) is 24.1 Å². The fourth-order valence-electron chi connectivity index (χ4n) is 2.74. The third kappa shape index (κ3) is 3.44. The Balaban J connectivity index is 2.61. The van der Waals surface area contributed by atoms with Gasteiger partial charge in [-0.1, -0.05) is 55.5 Å². The van der Waals surface area contributed by atoms with Crippen LogP contribution in [0.15, 0.2) is 65.6 Å². The highest BCUT2D eigenvalue weighted by Gasteiger charge is 2.50. The molecule has 0 aliphatic rings. The van der Waals surface area contributed by atoms with E-state index >= 15 is 0 Å². The summed E-state index contributed by atoms with van der Waals surface area (Å²) in [6, 6.07) is 16.3. The van der Waals surface area contributed by atoms with Crippen molar-refractivity contribution in [3.8, 4) is 0 Å². The lowest BCUT2D eigenvalue weighted by Crippen LogP contribution is -2.41. The summed E-state index contributed by atoms with van der Waals surface area (Å²) in [7, 11) is -3.98. The predicted octanol–water partition coefficient (Wildman–Crippen LogP) is 3.87. The van der Waals surface area contributed by atoms with Gasteiger partial charge in [0, 0.05) is 4.92 Å². The lowest BCUT2D eigenvalue weighted by atomic mass is 9.93. The predicted molar refractivity (Wildman–Crippen MR) is 93.5 cm³/mol. The van der Waals surface area contributed by atoms with Gasteiger partial charge in [0.1, 0.15) is 0 Å². The zero-order valence-corrected chi connectivity index (χ0v) is 14.7. The summed E-state index contributed by atoms with van der Waals surface area (Å²) >= 11 is 6.60. The van der Waals surface area contributed by atoms with Gasteiger partial charge in [0.25, 0.3) is 0 Å². The van der Waals surface area contributed by atoms with Crippen LogP contribution < -0.4 is 0 Å². The van der Waals surface area contributed by atoms with E-state index in [1.54, 1.807) is 55.5 Å². The average molecular weight is 368 g/mol. The Morgan fingerprint density at radius 3 is 2.04 bits per heavy atom. The molecule has 2 aromatic rings. The molecule has 0 aromatic heterocycles. The van der Waals surface area contributed by atoms with E-state index < -0.39 is 31.4 Å². The Morgan fingerprint density at radius 1 is 1.08 bits per heavy atom. The largest absolute Gasteiger partial charge is 0.265 e. The first-order chi connectivity index (χ1) is 11.3. The van der Waals surface area contributed by atoms with Gasteiger partial charge in [0.15, 0.2) is 14.0 Å². The second-order valence-electron chi connectivity index (χ2n) is 5.43. The molecular formula is C17H18ClNO4S. The van der Waals surface area contributed by atoms with E-state index in [1.807, 2.05) is 0 Å². The second-order valence-corrected chi connectivity index (χ2v) is 8.54. The van der Waals surface area contributed by atoms with Crippen LogP contribution in [0.3, 0.4) is 0 Å². The number of hydrogen-bond donors (Lipinski definition) is 0. The Hall–Kier alpha value is -1.92. The molecule has 0 saturated heterocycles. The van der Waals surface area contributed by atoms with Crippen LogP contribution in [0.25, 0.3) is 0 Å². The molecule has 2 unspecified atom stereocenters. The quantitative estimate of drug-likeness (QED) is 0.423. The van der Waals surface area contributed by atoms with Gasteiger partial charge < -0.3 is 0 Å². The van der Waals surface area contributed by atoms with Crippen molar-refractivity contribution in [2.24, 2.45) is 0 Å². The van der Waals surface area contributed by atoms with Gasteiger partial charge in [0.05, 0.1) is 10.8 Å². The number of halogens is 1. The molecular weight excluding hydrogens is 350 g/mol. The number of hydrogen-bond acceptors (Lipinski definition) is 4. The molecule has 0 fully saturated rings. The van der Waals surface area contributed by atoms with E-state index in [1.165, 1.54) is 12.1 Å². The molecule has 0 amide bonds. The van der Waals surface area contributed by atoms with Gasteiger partial charge >= 0.3 is 0 Å². The lowest BCUT2D eigenvalue weighted by molar-refractivity contribution is -0.483. The minimum Gasteiger partial charge on any atom is -0.265 e. The number of rotatable bonds is 7. The molecule has 5 nitrogen and oxygen atoms in total. The standard InChI is InChI=1S/C17H18ClNO4S/c1-2-17(18,24(22,23)15-11-7-4-8-12-15)16(13-19(20)21)14-9-5-3-6-10-14/h3-12,16H,2,13H2,1H3. The van der Waals surface area contributed by atoms with Crippen LogP contribution in [-0.2, 0) is 9.84 Å². The van der Waals surface area contributed by atoms with Crippen molar-refractivity contribution >= 4 is 21.4 Å². The van der Waals surface area contributed by atoms with E-state index in [0.717, 1.165) is 0 Å². The first-order valence-corrected chi connectivity index (χ1v) is 9.34. The normalized spacial score (nSPS) is 15.4. The molecule has 0 N–H and O–H groups in total. The summed E-state index contributed by atoms with van der Waals surface area (Å²) in [5.41, 5.74) is 0.533. The third-order valence-electron chi connectivity index (χ3n) is 4.04. The first kappa shape index (κ1) is 18.4. The lowest BCUT2D eigenvalue weighted by Gasteiger charge is -2.32. The van der Waals surface area contributed by atoms with Crippen molar-refractivity contribution < 1.29 is 13.3 Å². The van der Waals surface area contributed by atoms with Crippen molar-refractivity contribution in [2.75, 3.05) is 6.54 Å². The van der Waals surface area contributed by atoms with Crippen LogP contribution in [0.5, 0.6) is 0 Å². The highest BCUT2D eigenvalue weighted by Crippen LogP contribution is 2.44. The summed E-state index contributed by atoms with van der Waals surface area (Å²) < 4.78 is 24.5. The van der Waals surface area contributed by atoms with Crippen molar-refractivity contribution in [3.63, 3.8) is 0 Å². The van der Waals surface area contributed by atoms with E-state index in [4.69, 9.17) is 11.6 Å². The average Bonchev–Trinajstić information content (AvgIpc) is 2.60. The Bertz CT molecular complexity index is 796. The van der Waals surface area contributed by atoms with E-state index in [9.17, 15) is 18.5 Å². The van der Waals surface area contributed by atoms with Crippen molar-refractivity contribution in [2.45, 2.75) is 28.4 Å². The number of alkyl halides is 1. The number of nitrogens with zero attached hydrogens (tertiary/aromatic N) is 1. The van der Waals surface area contributed by atoms with E-state index in [-0.39, 0.29) is 11.3 Å². The summed E-state index contributed by atoms with van der Waals surface area (Å²) in [5.74, 6) is -0.967. The molecule has 2 atom stereocenters. The van der Waals surface area contributed by atoms with E-state index in [0.29, 0.717) is 5.56 Å². The van der Waals surface area contributed by atoms with Gasteiger partial charge in [-0.25, -0.2) is 8.42 Å². The third-order valence-corrected chi connectivity index (χ3v) is 7.54. The molecule has 0 spiro atoms. The number of nitro groups is 1. The monoisotopic (exact) mass is 367 g/mol. The van der Waals surface area contributed by atoms with Crippen LogP contribution >= 0.6 is 11.6 Å². The van der Waals surface area contributed by atoms with Gasteiger partial charge in [-0.05, 0) is 24.1 Å². The molecule has 7 heteroatoms. The smallest absolute Gasteiger partial charge is 0.213 e. The summed E-state index contributed by atoms with van der Waals surface area (Å²) in [6.45, 7) is 1.07. The Morgan fingerprint density at radius 2 is 1.58 bits per heavy atom. The molecule has 128 valence electrons. The van der Waals surface area contributed by atoms with Gasteiger partial charge in [-0.15, -0.1) is 11.6 Å². The van der Waals surface area contributed by atoms with Crippen molar-refractivity contribution in [1.29, 1.82) is 0 Å². The van der Waals surface area contributed by atoms with Crippen molar-refractivity contribution in [1.82, 2.24) is 0 Å². The maximum absolute atomic E-state index is 13.1. The summed E-state index contributed by atoms with van der Waals surface area (Å²) in [5, 5.41) is 11.2. The van der Waals surface area contributed by atoms with Gasteiger partial charge in [-0.2, -0.15) is 0 Å². The maximum Gasteiger partial charge on any atom is 0.213 e. The first-order valence-electron chi connectivity index (χ1n) is 7.48. The zero-order chi connectivity index (χ0) is 17.8.